The van der Waals surface area contributed by atoms with Crippen molar-refractivity contribution < 1.29 is 4.74 Å². The van der Waals surface area contributed by atoms with Crippen molar-refractivity contribution in [1.29, 1.82) is 0 Å². The highest BCUT2D eigenvalue weighted by Crippen LogP contribution is 2.20. The molecule has 0 atom stereocenters. The summed E-state index contributed by atoms with van der Waals surface area (Å²) in [6, 6.07) is 9.84. The second kappa shape index (κ2) is 7.39. The van der Waals surface area contributed by atoms with Gasteiger partial charge in [0.25, 0.3) is 0 Å². The lowest BCUT2D eigenvalue weighted by molar-refractivity contribution is 0.0125. The van der Waals surface area contributed by atoms with Crippen LogP contribution >= 0.6 is 0 Å². The molecule has 1 saturated carbocycles. The average molecular weight is 288 g/mol. The number of hydrogen-bond donors (Lipinski definition) is 1. The zero-order valence-corrected chi connectivity index (χ0v) is 13.2. The van der Waals surface area contributed by atoms with Gasteiger partial charge >= 0.3 is 0 Å². The number of ether oxygens (including phenoxy) is 1. The molecule has 1 aromatic carbocycles. The van der Waals surface area contributed by atoms with Crippen molar-refractivity contribution in [3.05, 3.63) is 35.4 Å². The molecule has 3 heteroatoms. The molecule has 0 spiro atoms. The molecule has 0 unspecified atom stereocenters. The highest BCUT2D eigenvalue weighted by Gasteiger charge is 2.20. The van der Waals surface area contributed by atoms with Gasteiger partial charge in [0.15, 0.2) is 0 Å². The third kappa shape index (κ3) is 4.80. The van der Waals surface area contributed by atoms with Crippen molar-refractivity contribution in [2.75, 3.05) is 19.7 Å². The van der Waals surface area contributed by atoms with E-state index < -0.39 is 0 Å². The van der Waals surface area contributed by atoms with Gasteiger partial charge in [-0.15, -0.1) is 0 Å². The van der Waals surface area contributed by atoms with E-state index in [0.717, 1.165) is 38.8 Å². The average Bonchev–Trinajstić information content (AvgIpc) is 3.32. The Morgan fingerprint density at radius 3 is 2.62 bits per heavy atom. The third-order valence-electron chi connectivity index (χ3n) is 4.51. The highest BCUT2D eigenvalue weighted by molar-refractivity contribution is 5.23. The molecule has 0 aromatic heterocycles. The first-order chi connectivity index (χ1) is 10.3. The summed E-state index contributed by atoms with van der Waals surface area (Å²) in [4.78, 5) is 2.56. The van der Waals surface area contributed by atoms with Gasteiger partial charge in [-0.3, -0.25) is 4.90 Å². The molecule has 2 fully saturated rings. The molecule has 21 heavy (non-hydrogen) atoms. The fraction of sp³-hybridized carbons (Fsp3) is 0.667. The maximum Gasteiger partial charge on any atom is 0.0599 e. The van der Waals surface area contributed by atoms with Crippen LogP contribution in [0.15, 0.2) is 24.3 Å². The predicted molar refractivity (Wildman–Crippen MR) is 86.2 cm³/mol. The van der Waals surface area contributed by atoms with E-state index in [1.54, 1.807) is 0 Å². The second-order valence-corrected chi connectivity index (χ2v) is 6.41. The van der Waals surface area contributed by atoms with Crippen LogP contribution in [0.5, 0.6) is 0 Å². The first-order valence-electron chi connectivity index (χ1n) is 8.48. The van der Waals surface area contributed by atoms with Crippen molar-refractivity contribution in [2.24, 2.45) is 0 Å². The molecule has 1 N–H and O–H groups in total. The molecule has 0 radical (unpaired) electrons. The normalized spacial score (nSPS) is 20.8. The van der Waals surface area contributed by atoms with Gasteiger partial charge < -0.3 is 10.1 Å². The predicted octanol–water partition coefficient (Wildman–Crippen LogP) is 2.94. The van der Waals surface area contributed by atoms with Crippen LogP contribution in [-0.2, 0) is 17.8 Å². The quantitative estimate of drug-likeness (QED) is 0.835. The Bertz CT molecular complexity index is 437. The van der Waals surface area contributed by atoms with Gasteiger partial charge in [-0.25, -0.2) is 0 Å². The number of nitrogens with zero attached hydrogens (tertiary/aromatic N) is 1. The molecular formula is C18H28N2O. The summed E-state index contributed by atoms with van der Waals surface area (Å²) >= 11 is 0. The van der Waals surface area contributed by atoms with Crippen LogP contribution in [-0.4, -0.2) is 36.7 Å². The topological polar surface area (TPSA) is 24.5 Å². The minimum atomic E-state index is 0.486. The number of hydrogen-bond acceptors (Lipinski definition) is 3. The van der Waals surface area contributed by atoms with Crippen molar-refractivity contribution in [2.45, 2.75) is 57.8 Å². The SMILES string of the molecule is CCOC1CCN(Cc2cccc(CNC3CC3)c2)CC1. The number of piperidine rings is 1. The summed E-state index contributed by atoms with van der Waals surface area (Å²) in [6.45, 7) is 7.36. The summed E-state index contributed by atoms with van der Waals surface area (Å²) in [6.07, 6.45) is 5.55. The van der Waals surface area contributed by atoms with E-state index in [9.17, 15) is 0 Å². The summed E-state index contributed by atoms with van der Waals surface area (Å²) in [5, 5.41) is 3.59. The Kier molecular flexibility index (Phi) is 5.28. The van der Waals surface area contributed by atoms with E-state index in [-0.39, 0.29) is 0 Å². The van der Waals surface area contributed by atoms with Crippen LogP contribution in [0.4, 0.5) is 0 Å². The molecule has 1 aliphatic heterocycles. The minimum absolute atomic E-state index is 0.486. The van der Waals surface area contributed by atoms with Crippen molar-refractivity contribution in [3.63, 3.8) is 0 Å². The molecular weight excluding hydrogens is 260 g/mol. The molecule has 0 amide bonds. The van der Waals surface area contributed by atoms with E-state index in [1.807, 2.05) is 0 Å². The van der Waals surface area contributed by atoms with Crippen molar-refractivity contribution >= 4 is 0 Å². The van der Waals surface area contributed by atoms with Gasteiger partial charge in [0.1, 0.15) is 0 Å². The van der Waals surface area contributed by atoms with E-state index in [1.165, 1.54) is 36.8 Å². The first-order valence-corrected chi connectivity index (χ1v) is 8.48. The minimum Gasteiger partial charge on any atom is -0.378 e. The van der Waals surface area contributed by atoms with Crippen LogP contribution in [0.25, 0.3) is 0 Å². The van der Waals surface area contributed by atoms with Gasteiger partial charge in [-0.05, 0) is 43.7 Å². The number of likely N-dealkylation sites (tertiary alicyclic amines) is 1. The monoisotopic (exact) mass is 288 g/mol. The Hall–Kier alpha value is -0.900. The first kappa shape index (κ1) is 15.0. The second-order valence-electron chi connectivity index (χ2n) is 6.41. The molecule has 3 rings (SSSR count). The standard InChI is InChI=1S/C18H28N2O/c1-2-21-18-8-10-20(11-9-18)14-16-5-3-4-15(12-16)13-19-17-6-7-17/h3-5,12,17-19H,2,6-11,13-14H2,1H3. The van der Waals surface area contributed by atoms with E-state index in [0.29, 0.717) is 6.10 Å². The Morgan fingerprint density at radius 2 is 1.90 bits per heavy atom. The van der Waals surface area contributed by atoms with Crippen molar-refractivity contribution in [1.82, 2.24) is 10.2 Å². The smallest absolute Gasteiger partial charge is 0.0599 e. The van der Waals surface area contributed by atoms with Crippen LogP contribution in [0.3, 0.4) is 0 Å². The lowest BCUT2D eigenvalue weighted by Gasteiger charge is -2.31. The molecule has 1 saturated heterocycles. The van der Waals surface area contributed by atoms with Crippen LogP contribution in [0.1, 0.15) is 43.7 Å². The fourth-order valence-corrected chi connectivity index (χ4v) is 3.12. The maximum atomic E-state index is 5.73. The summed E-state index contributed by atoms with van der Waals surface area (Å²) < 4.78 is 5.73. The number of rotatable bonds is 7. The van der Waals surface area contributed by atoms with Gasteiger partial charge in [0, 0.05) is 38.8 Å². The Morgan fingerprint density at radius 1 is 1.14 bits per heavy atom. The van der Waals surface area contributed by atoms with E-state index in [4.69, 9.17) is 4.74 Å². The Balaban J connectivity index is 1.47. The Labute approximate surface area is 128 Å². The lowest BCUT2D eigenvalue weighted by atomic mass is 10.1. The zero-order valence-electron chi connectivity index (χ0n) is 13.2. The number of benzene rings is 1. The summed E-state index contributed by atoms with van der Waals surface area (Å²) in [7, 11) is 0. The van der Waals surface area contributed by atoms with Gasteiger partial charge in [0.2, 0.25) is 0 Å². The number of nitrogens with one attached hydrogen (secondary N) is 1. The van der Waals surface area contributed by atoms with E-state index in [2.05, 4.69) is 41.4 Å². The van der Waals surface area contributed by atoms with Gasteiger partial charge in [-0.2, -0.15) is 0 Å². The molecule has 1 heterocycles. The molecule has 3 nitrogen and oxygen atoms in total. The molecule has 2 aliphatic rings. The van der Waals surface area contributed by atoms with E-state index >= 15 is 0 Å². The largest absolute Gasteiger partial charge is 0.378 e. The molecule has 0 bridgehead atoms. The maximum absolute atomic E-state index is 5.73. The third-order valence-corrected chi connectivity index (χ3v) is 4.51. The van der Waals surface area contributed by atoms with Crippen LogP contribution < -0.4 is 5.32 Å². The highest BCUT2D eigenvalue weighted by atomic mass is 16.5. The lowest BCUT2D eigenvalue weighted by Crippen LogP contribution is -2.36. The summed E-state index contributed by atoms with van der Waals surface area (Å²) in [5.74, 6) is 0. The van der Waals surface area contributed by atoms with Crippen LogP contribution in [0, 0.1) is 0 Å². The molecule has 1 aromatic rings. The van der Waals surface area contributed by atoms with Crippen molar-refractivity contribution in [3.8, 4) is 0 Å². The van der Waals surface area contributed by atoms with Gasteiger partial charge in [-0.1, -0.05) is 24.3 Å². The van der Waals surface area contributed by atoms with Crippen LogP contribution in [0.2, 0.25) is 0 Å². The molecule has 116 valence electrons. The van der Waals surface area contributed by atoms with Gasteiger partial charge in [0.05, 0.1) is 6.10 Å². The fourth-order valence-electron chi connectivity index (χ4n) is 3.12. The summed E-state index contributed by atoms with van der Waals surface area (Å²) in [5.41, 5.74) is 2.86. The molecule has 1 aliphatic carbocycles. The zero-order chi connectivity index (χ0) is 14.5.